The summed E-state index contributed by atoms with van der Waals surface area (Å²) >= 11 is 0. The molecule has 0 spiro atoms. The van der Waals surface area contributed by atoms with Gasteiger partial charge in [-0.3, -0.25) is 10.1 Å². The van der Waals surface area contributed by atoms with Gasteiger partial charge in [0.15, 0.2) is 9.84 Å². The van der Waals surface area contributed by atoms with Crippen molar-refractivity contribution in [1.29, 1.82) is 0 Å². The number of hydrogen-bond acceptors (Lipinski definition) is 6. The smallest absolute Gasteiger partial charge is 0.322 e. The van der Waals surface area contributed by atoms with Gasteiger partial charge >= 0.3 is 6.01 Å². The minimum absolute atomic E-state index is 0.0288. The molecule has 0 aliphatic heterocycles. The number of carbonyl (C=O) groups excluding carboxylic acids is 1. The Kier molecular flexibility index (Phi) is 4.81. The average molecular weight is 375 g/mol. The van der Waals surface area contributed by atoms with Crippen LogP contribution in [0.25, 0.3) is 11.5 Å². The zero-order valence-electron chi connectivity index (χ0n) is 13.6. The number of sulfone groups is 1. The highest BCUT2D eigenvalue weighted by molar-refractivity contribution is 7.90. The van der Waals surface area contributed by atoms with Crippen molar-refractivity contribution in [1.82, 2.24) is 10.2 Å². The minimum atomic E-state index is -3.29. The molecule has 0 fully saturated rings. The second-order valence-electron chi connectivity index (χ2n) is 5.56. The van der Waals surface area contributed by atoms with Gasteiger partial charge in [-0.25, -0.2) is 12.8 Å². The topological polar surface area (TPSA) is 102 Å². The molecule has 0 radical (unpaired) electrons. The van der Waals surface area contributed by atoms with Crippen molar-refractivity contribution < 1.29 is 22.0 Å². The first kappa shape index (κ1) is 17.7. The highest BCUT2D eigenvalue weighted by Gasteiger charge is 2.13. The monoisotopic (exact) mass is 375 g/mol. The van der Waals surface area contributed by atoms with E-state index in [1.54, 1.807) is 0 Å². The predicted molar refractivity (Wildman–Crippen MR) is 91.6 cm³/mol. The Balaban J connectivity index is 1.67. The Morgan fingerprint density at radius 3 is 2.35 bits per heavy atom. The maximum Gasteiger partial charge on any atom is 0.322 e. The molecule has 3 rings (SSSR count). The summed E-state index contributed by atoms with van der Waals surface area (Å²) in [7, 11) is -3.29. The van der Waals surface area contributed by atoms with Gasteiger partial charge in [-0.15, -0.1) is 5.10 Å². The number of rotatable bonds is 5. The summed E-state index contributed by atoms with van der Waals surface area (Å²) in [5.74, 6) is -0.626. The molecule has 0 unspecified atom stereocenters. The number of amides is 1. The zero-order chi connectivity index (χ0) is 18.7. The Bertz CT molecular complexity index is 1030. The summed E-state index contributed by atoms with van der Waals surface area (Å²) in [6, 6.07) is 11.4. The Labute approximate surface area is 148 Å². The fraction of sp³-hybridized carbons (Fsp3) is 0.118. The standard InChI is InChI=1S/C17H14FN3O4S/c1-26(23,24)14-8-4-12(5-9-14)16-20-21-17(25-16)19-15(22)10-11-2-6-13(18)7-3-11/h2-9H,10H2,1H3,(H,19,21,22). The van der Waals surface area contributed by atoms with Crippen LogP contribution in [0.1, 0.15) is 5.56 Å². The summed E-state index contributed by atoms with van der Waals surface area (Å²) in [5, 5.41) is 10.0. The van der Waals surface area contributed by atoms with E-state index in [2.05, 4.69) is 15.5 Å². The molecule has 1 N–H and O–H groups in total. The summed E-state index contributed by atoms with van der Waals surface area (Å²) in [4.78, 5) is 12.1. The van der Waals surface area contributed by atoms with Crippen molar-refractivity contribution in [3.63, 3.8) is 0 Å². The van der Waals surface area contributed by atoms with Crippen LogP contribution in [0.3, 0.4) is 0 Å². The van der Waals surface area contributed by atoms with Gasteiger partial charge in [0.1, 0.15) is 5.82 Å². The molecule has 7 nitrogen and oxygen atoms in total. The van der Waals surface area contributed by atoms with Crippen LogP contribution in [0.5, 0.6) is 0 Å². The molecule has 9 heteroatoms. The highest BCUT2D eigenvalue weighted by Crippen LogP contribution is 2.21. The number of carbonyl (C=O) groups is 1. The number of benzene rings is 2. The van der Waals surface area contributed by atoms with Gasteiger partial charge in [0.25, 0.3) is 0 Å². The molecular weight excluding hydrogens is 361 g/mol. The second kappa shape index (κ2) is 7.04. The lowest BCUT2D eigenvalue weighted by Gasteiger charge is -2.01. The number of nitrogens with zero attached hydrogens (tertiary/aromatic N) is 2. The van der Waals surface area contributed by atoms with Crippen molar-refractivity contribution >= 4 is 21.8 Å². The van der Waals surface area contributed by atoms with E-state index in [-0.39, 0.29) is 34.9 Å². The largest absolute Gasteiger partial charge is 0.403 e. The van der Waals surface area contributed by atoms with Crippen LogP contribution in [0, 0.1) is 5.82 Å². The molecule has 1 heterocycles. The van der Waals surface area contributed by atoms with Crippen molar-refractivity contribution in [2.75, 3.05) is 11.6 Å². The molecule has 134 valence electrons. The third kappa shape index (κ3) is 4.31. The molecule has 0 bridgehead atoms. The molecule has 3 aromatic rings. The summed E-state index contributed by atoms with van der Waals surface area (Å²) in [6.45, 7) is 0. The maximum absolute atomic E-state index is 12.9. The zero-order valence-corrected chi connectivity index (χ0v) is 14.5. The van der Waals surface area contributed by atoms with Crippen LogP contribution in [-0.2, 0) is 21.1 Å². The first-order valence-corrected chi connectivity index (χ1v) is 9.39. The molecule has 26 heavy (non-hydrogen) atoms. The van der Waals surface area contributed by atoms with Crippen LogP contribution in [0.4, 0.5) is 10.4 Å². The van der Waals surface area contributed by atoms with Crippen molar-refractivity contribution in [2.45, 2.75) is 11.3 Å². The fourth-order valence-electron chi connectivity index (χ4n) is 2.19. The predicted octanol–water partition coefficient (Wildman–Crippen LogP) is 2.46. The van der Waals surface area contributed by atoms with E-state index < -0.39 is 9.84 Å². The van der Waals surface area contributed by atoms with Crippen molar-refractivity contribution in [2.24, 2.45) is 0 Å². The van der Waals surface area contributed by atoms with Crippen LogP contribution in [0.15, 0.2) is 57.8 Å². The van der Waals surface area contributed by atoms with E-state index in [1.165, 1.54) is 48.5 Å². The molecule has 1 amide bonds. The molecule has 0 saturated carbocycles. The van der Waals surface area contributed by atoms with Crippen LogP contribution in [0.2, 0.25) is 0 Å². The van der Waals surface area contributed by atoms with Crippen molar-refractivity contribution in [3.05, 3.63) is 59.9 Å². The van der Waals surface area contributed by atoms with Gasteiger partial charge < -0.3 is 4.42 Å². The summed E-state index contributed by atoms with van der Waals surface area (Å²) < 4.78 is 41.1. The number of aromatic nitrogens is 2. The number of nitrogens with one attached hydrogen (secondary N) is 1. The van der Waals surface area contributed by atoms with E-state index >= 15 is 0 Å². The first-order chi connectivity index (χ1) is 12.3. The molecule has 0 aliphatic carbocycles. The van der Waals surface area contributed by atoms with E-state index in [0.29, 0.717) is 11.1 Å². The van der Waals surface area contributed by atoms with Gasteiger partial charge in [-0.1, -0.05) is 17.2 Å². The Hall–Kier alpha value is -3.07. The lowest BCUT2D eigenvalue weighted by Crippen LogP contribution is -2.14. The fourth-order valence-corrected chi connectivity index (χ4v) is 2.82. The van der Waals surface area contributed by atoms with E-state index in [4.69, 9.17) is 4.42 Å². The molecule has 0 aliphatic rings. The van der Waals surface area contributed by atoms with Gasteiger partial charge in [0, 0.05) is 11.8 Å². The lowest BCUT2D eigenvalue weighted by atomic mass is 10.1. The third-order valence-electron chi connectivity index (χ3n) is 3.48. The molecule has 0 saturated heterocycles. The van der Waals surface area contributed by atoms with Gasteiger partial charge in [-0.05, 0) is 42.0 Å². The lowest BCUT2D eigenvalue weighted by molar-refractivity contribution is -0.115. The van der Waals surface area contributed by atoms with Gasteiger partial charge in [0.2, 0.25) is 11.8 Å². The molecule has 2 aromatic carbocycles. The molecular formula is C17H14FN3O4S. The molecule has 1 aromatic heterocycles. The van der Waals surface area contributed by atoms with Crippen LogP contribution >= 0.6 is 0 Å². The van der Waals surface area contributed by atoms with Crippen molar-refractivity contribution in [3.8, 4) is 11.5 Å². The maximum atomic E-state index is 12.9. The number of halogens is 1. The number of anilines is 1. The van der Waals surface area contributed by atoms with Gasteiger partial charge in [-0.2, -0.15) is 0 Å². The van der Waals surface area contributed by atoms with E-state index in [9.17, 15) is 17.6 Å². The quantitative estimate of drug-likeness (QED) is 0.735. The normalized spacial score (nSPS) is 11.3. The van der Waals surface area contributed by atoms with E-state index in [1.807, 2.05) is 0 Å². The van der Waals surface area contributed by atoms with E-state index in [0.717, 1.165) is 6.26 Å². The third-order valence-corrected chi connectivity index (χ3v) is 4.61. The molecule has 0 atom stereocenters. The Morgan fingerprint density at radius 1 is 1.08 bits per heavy atom. The second-order valence-corrected chi connectivity index (χ2v) is 7.58. The number of hydrogen-bond donors (Lipinski definition) is 1. The summed E-state index contributed by atoms with van der Waals surface area (Å²) in [5.41, 5.74) is 1.16. The SMILES string of the molecule is CS(=O)(=O)c1ccc(-c2nnc(NC(=O)Cc3ccc(F)cc3)o2)cc1. The average Bonchev–Trinajstić information content (AvgIpc) is 3.04. The van der Waals surface area contributed by atoms with Crippen LogP contribution < -0.4 is 5.32 Å². The van der Waals surface area contributed by atoms with Crippen LogP contribution in [-0.4, -0.2) is 30.8 Å². The minimum Gasteiger partial charge on any atom is -0.403 e. The Morgan fingerprint density at radius 2 is 1.73 bits per heavy atom. The van der Waals surface area contributed by atoms with Gasteiger partial charge in [0.05, 0.1) is 11.3 Å². The summed E-state index contributed by atoms with van der Waals surface area (Å²) in [6.07, 6.45) is 1.14. The highest BCUT2D eigenvalue weighted by atomic mass is 32.2. The first-order valence-electron chi connectivity index (χ1n) is 7.49.